The molecule has 1 rings (SSSR count). The highest BCUT2D eigenvalue weighted by atomic mass is 16.5. The fraction of sp³-hybridized carbons (Fsp3) is 0.571. The summed E-state index contributed by atoms with van der Waals surface area (Å²) in [5, 5.41) is 6.04. The highest BCUT2D eigenvalue weighted by molar-refractivity contribution is 5.95. The molecule has 0 spiro atoms. The molecule has 0 aliphatic heterocycles. The number of carbonyl (C=O) groups is 1. The molecule has 1 heterocycles. The quantitative estimate of drug-likeness (QED) is 0.789. The molecule has 1 atom stereocenters. The summed E-state index contributed by atoms with van der Waals surface area (Å²) in [6.45, 7) is 7.21. The molecule has 0 bridgehead atoms. The molecule has 0 saturated carbocycles. The van der Waals surface area contributed by atoms with Crippen LogP contribution >= 0.6 is 0 Å². The average molecular weight is 265 g/mol. The number of nitrogens with one attached hydrogen (secondary N) is 2. The van der Waals surface area contributed by atoms with Crippen LogP contribution in [-0.4, -0.2) is 37.2 Å². The number of pyridine rings is 1. The minimum atomic E-state index is -0.0965. The van der Waals surface area contributed by atoms with E-state index in [-0.39, 0.29) is 11.9 Å². The Morgan fingerprint density at radius 3 is 2.74 bits per heavy atom. The van der Waals surface area contributed by atoms with Crippen LogP contribution in [0.4, 0.5) is 5.82 Å². The molecule has 5 heteroatoms. The lowest BCUT2D eigenvalue weighted by Gasteiger charge is -2.14. The smallest absolute Gasteiger partial charge is 0.251 e. The van der Waals surface area contributed by atoms with Crippen molar-refractivity contribution in [3.8, 4) is 0 Å². The summed E-state index contributed by atoms with van der Waals surface area (Å²) in [6, 6.07) is 3.59. The van der Waals surface area contributed by atoms with E-state index in [1.165, 1.54) is 0 Å². The van der Waals surface area contributed by atoms with Gasteiger partial charge in [-0.1, -0.05) is 6.92 Å². The van der Waals surface area contributed by atoms with Crippen LogP contribution in [0.1, 0.15) is 36.8 Å². The highest BCUT2D eigenvalue weighted by Crippen LogP contribution is 2.11. The number of amides is 1. The first-order chi connectivity index (χ1) is 9.10. The first kappa shape index (κ1) is 15.4. The second kappa shape index (κ2) is 7.74. The third-order valence-electron chi connectivity index (χ3n) is 2.65. The van der Waals surface area contributed by atoms with Crippen LogP contribution in [0.3, 0.4) is 0 Å². The van der Waals surface area contributed by atoms with Gasteiger partial charge in [-0.15, -0.1) is 0 Å². The van der Waals surface area contributed by atoms with E-state index >= 15 is 0 Å². The third kappa shape index (κ3) is 4.87. The van der Waals surface area contributed by atoms with Crippen molar-refractivity contribution in [1.29, 1.82) is 0 Å². The molecule has 1 aromatic heterocycles. The Balaban J connectivity index is 2.85. The Bertz CT molecular complexity index is 421. The van der Waals surface area contributed by atoms with E-state index in [4.69, 9.17) is 4.74 Å². The Morgan fingerprint density at radius 2 is 2.16 bits per heavy atom. The monoisotopic (exact) mass is 265 g/mol. The molecule has 19 heavy (non-hydrogen) atoms. The van der Waals surface area contributed by atoms with Crippen LogP contribution in [0, 0.1) is 0 Å². The topological polar surface area (TPSA) is 63.2 Å². The van der Waals surface area contributed by atoms with Gasteiger partial charge in [0.15, 0.2) is 0 Å². The van der Waals surface area contributed by atoms with Crippen LogP contribution in [0.5, 0.6) is 0 Å². The van der Waals surface area contributed by atoms with Crippen LogP contribution in [0.25, 0.3) is 0 Å². The number of hydrogen-bond acceptors (Lipinski definition) is 4. The molecule has 1 aromatic rings. The molecule has 0 aliphatic carbocycles. The Morgan fingerprint density at radius 1 is 1.42 bits per heavy atom. The number of hydrogen-bond donors (Lipinski definition) is 2. The van der Waals surface area contributed by atoms with Gasteiger partial charge in [-0.2, -0.15) is 0 Å². The van der Waals surface area contributed by atoms with Gasteiger partial charge < -0.3 is 15.4 Å². The number of ether oxygens (including phenoxy) is 1. The largest absolute Gasteiger partial charge is 0.383 e. The summed E-state index contributed by atoms with van der Waals surface area (Å²) in [4.78, 5) is 16.6. The van der Waals surface area contributed by atoms with Gasteiger partial charge in [0.25, 0.3) is 5.91 Å². The second-order valence-electron chi connectivity index (χ2n) is 4.45. The second-order valence-corrected chi connectivity index (χ2v) is 4.45. The van der Waals surface area contributed by atoms with Gasteiger partial charge >= 0.3 is 0 Å². The molecule has 0 aliphatic rings. The Kier molecular flexibility index (Phi) is 6.29. The van der Waals surface area contributed by atoms with E-state index in [0.29, 0.717) is 12.2 Å². The van der Waals surface area contributed by atoms with Gasteiger partial charge in [-0.3, -0.25) is 4.79 Å². The summed E-state index contributed by atoms with van der Waals surface area (Å²) in [5.41, 5.74) is 1.54. The molecule has 0 aromatic carbocycles. The number of carbonyl (C=O) groups excluding carboxylic acids is 1. The van der Waals surface area contributed by atoms with Crippen molar-refractivity contribution >= 4 is 11.7 Å². The molecule has 2 N–H and O–H groups in total. The predicted molar refractivity (Wildman–Crippen MR) is 76.6 cm³/mol. The summed E-state index contributed by atoms with van der Waals surface area (Å²) in [7, 11) is 1.62. The number of aromatic nitrogens is 1. The van der Waals surface area contributed by atoms with E-state index < -0.39 is 0 Å². The van der Waals surface area contributed by atoms with Gasteiger partial charge in [0, 0.05) is 31.0 Å². The van der Waals surface area contributed by atoms with E-state index in [9.17, 15) is 4.79 Å². The van der Waals surface area contributed by atoms with Crippen molar-refractivity contribution in [2.75, 3.05) is 25.6 Å². The van der Waals surface area contributed by atoms with Crippen molar-refractivity contribution in [2.24, 2.45) is 0 Å². The lowest BCUT2D eigenvalue weighted by molar-refractivity contribution is 0.0905. The highest BCUT2D eigenvalue weighted by Gasteiger charge is 2.12. The zero-order chi connectivity index (χ0) is 14.3. The molecule has 1 unspecified atom stereocenters. The van der Waals surface area contributed by atoms with Gasteiger partial charge in [0.05, 0.1) is 6.61 Å². The summed E-state index contributed by atoms with van der Waals surface area (Å²) in [6.07, 6.45) is 0.799. The maximum absolute atomic E-state index is 12.1. The van der Waals surface area contributed by atoms with E-state index in [0.717, 1.165) is 24.5 Å². The molecule has 106 valence electrons. The molecule has 0 fully saturated rings. The SMILES string of the molecule is CCNc1cc(C(=O)NC(C)COC)cc(CC)n1. The van der Waals surface area contributed by atoms with Crippen molar-refractivity contribution in [2.45, 2.75) is 33.2 Å². The van der Waals surface area contributed by atoms with Gasteiger partial charge in [-0.25, -0.2) is 4.98 Å². The van der Waals surface area contributed by atoms with Crippen molar-refractivity contribution in [3.05, 3.63) is 23.4 Å². The van der Waals surface area contributed by atoms with Crippen molar-refractivity contribution < 1.29 is 9.53 Å². The van der Waals surface area contributed by atoms with E-state index in [1.807, 2.05) is 26.8 Å². The number of anilines is 1. The fourth-order valence-corrected chi connectivity index (χ4v) is 1.77. The number of nitrogens with zero attached hydrogens (tertiary/aromatic N) is 1. The van der Waals surface area contributed by atoms with Crippen molar-refractivity contribution in [3.63, 3.8) is 0 Å². The summed E-state index contributed by atoms with van der Waals surface area (Å²) >= 11 is 0. The minimum Gasteiger partial charge on any atom is -0.383 e. The Labute approximate surface area is 114 Å². The lowest BCUT2D eigenvalue weighted by Crippen LogP contribution is -2.35. The molecule has 0 saturated heterocycles. The molecular formula is C14H23N3O2. The lowest BCUT2D eigenvalue weighted by atomic mass is 10.1. The van der Waals surface area contributed by atoms with E-state index in [1.54, 1.807) is 13.2 Å². The molecule has 0 radical (unpaired) electrons. The third-order valence-corrected chi connectivity index (χ3v) is 2.65. The summed E-state index contributed by atoms with van der Waals surface area (Å²) < 4.78 is 5.01. The van der Waals surface area contributed by atoms with Crippen LogP contribution < -0.4 is 10.6 Å². The molecule has 1 amide bonds. The van der Waals surface area contributed by atoms with E-state index in [2.05, 4.69) is 15.6 Å². The predicted octanol–water partition coefficient (Wildman–Crippen LogP) is 1.84. The maximum atomic E-state index is 12.1. The first-order valence-electron chi connectivity index (χ1n) is 6.65. The van der Waals surface area contributed by atoms with Gasteiger partial charge in [0.1, 0.15) is 5.82 Å². The zero-order valence-corrected chi connectivity index (χ0v) is 12.1. The fourth-order valence-electron chi connectivity index (χ4n) is 1.77. The minimum absolute atomic E-state index is 0.0154. The van der Waals surface area contributed by atoms with Crippen LogP contribution in [0.15, 0.2) is 12.1 Å². The van der Waals surface area contributed by atoms with Gasteiger partial charge in [-0.05, 0) is 32.4 Å². The molecular weight excluding hydrogens is 242 g/mol. The van der Waals surface area contributed by atoms with Crippen molar-refractivity contribution in [1.82, 2.24) is 10.3 Å². The van der Waals surface area contributed by atoms with Crippen LogP contribution in [-0.2, 0) is 11.2 Å². The average Bonchev–Trinajstić information content (AvgIpc) is 2.38. The number of methoxy groups -OCH3 is 1. The number of rotatable bonds is 7. The zero-order valence-electron chi connectivity index (χ0n) is 12.1. The normalized spacial score (nSPS) is 12.0. The Hall–Kier alpha value is -1.62. The standard InChI is InChI=1S/C14H23N3O2/c1-5-12-7-11(8-13(17-12)15-6-2)14(18)16-10(3)9-19-4/h7-8,10H,5-6,9H2,1-4H3,(H,15,17)(H,16,18). The van der Waals surface area contributed by atoms with Gasteiger partial charge in [0.2, 0.25) is 0 Å². The van der Waals surface area contributed by atoms with Crippen LogP contribution in [0.2, 0.25) is 0 Å². The maximum Gasteiger partial charge on any atom is 0.251 e. The summed E-state index contributed by atoms with van der Waals surface area (Å²) in [5.74, 6) is 0.646. The first-order valence-corrected chi connectivity index (χ1v) is 6.65. The number of aryl methyl sites for hydroxylation is 1. The molecule has 5 nitrogen and oxygen atoms in total.